The summed E-state index contributed by atoms with van der Waals surface area (Å²) in [4.78, 5) is 4.12. The molecule has 3 nitrogen and oxygen atoms in total. The quantitative estimate of drug-likeness (QED) is 0.764. The summed E-state index contributed by atoms with van der Waals surface area (Å²) in [7, 11) is 1.59. The van der Waals surface area contributed by atoms with Crippen molar-refractivity contribution in [2.45, 2.75) is 12.3 Å². The second-order valence-electron chi connectivity index (χ2n) is 2.42. The Morgan fingerprint density at radius 3 is 2.62 bits per heavy atom. The fourth-order valence-corrected chi connectivity index (χ4v) is 1.26. The first-order valence-corrected chi connectivity index (χ1v) is 5.16. The molecule has 1 heterocycles. The highest BCUT2D eigenvalue weighted by atomic mass is 79.9. The van der Waals surface area contributed by atoms with Crippen molar-refractivity contribution >= 4 is 15.9 Å². The van der Waals surface area contributed by atoms with E-state index in [2.05, 4.69) is 20.9 Å². The second-order valence-corrected chi connectivity index (χ2v) is 2.98. The minimum Gasteiger partial charge on any atom is -0.481 e. The van der Waals surface area contributed by atoms with Crippen molar-refractivity contribution in [3.63, 3.8) is 0 Å². The summed E-state index contributed by atoms with van der Waals surface area (Å²) in [5, 5.41) is 0.770. The minimum absolute atomic E-state index is 0.584. The Balaban J connectivity index is 2.93. The Bertz CT molecular complexity index is 256. The fourth-order valence-electron chi connectivity index (χ4n) is 0.936. The number of rotatable bonds is 4. The molecule has 1 aromatic rings. The van der Waals surface area contributed by atoms with Crippen molar-refractivity contribution < 1.29 is 9.47 Å². The van der Waals surface area contributed by atoms with Crippen LogP contribution in [0.4, 0.5) is 0 Å². The molecule has 72 valence electrons. The van der Waals surface area contributed by atoms with Crippen molar-refractivity contribution in [1.29, 1.82) is 0 Å². The van der Waals surface area contributed by atoms with Gasteiger partial charge in [0.15, 0.2) is 0 Å². The first-order chi connectivity index (χ1) is 6.30. The van der Waals surface area contributed by atoms with E-state index in [-0.39, 0.29) is 0 Å². The molecule has 0 spiro atoms. The molecule has 0 fully saturated rings. The molecular formula is C9H12BrNO2. The third-order valence-corrected chi connectivity index (χ3v) is 2.14. The zero-order valence-electron chi connectivity index (χ0n) is 7.71. The first-order valence-electron chi connectivity index (χ1n) is 4.04. The van der Waals surface area contributed by atoms with Gasteiger partial charge < -0.3 is 9.47 Å². The molecule has 1 rings (SSSR count). The lowest BCUT2D eigenvalue weighted by molar-refractivity contribution is 0.316. The van der Waals surface area contributed by atoms with Crippen LogP contribution < -0.4 is 9.47 Å². The highest BCUT2D eigenvalue weighted by Crippen LogP contribution is 2.19. The Hall–Kier alpha value is -0.770. The van der Waals surface area contributed by atoms with Crippen LogP contribution in [0, 0.1) is 0 Å². The maximum Gasteiger partial charge on any atom is 0.216 e. The van der Waals surface area contributed by atoms with Crippen LogP contribution in [0.5, 0.6) is 11.8 Å². The molecule has 0 radical (unpaired) electrons. The van der Waals surface area contributed by atoms with E-state index in [9.17, 15) is 0 Å². The van der Waals surface area contributed by atoms with Gasteiger partial charge in [0.1, 0.15) is 0 Å². The maximum atomic E-state index is 5.28. The van der Waals surface area contributed by atoms with Gasteiger partial charge in [0.2, 0.25) is 11.8 Å². The van der Waals surface area contributed by atoms with Gasteiger partial charge in [0, 0.05) is 17.5 Å². The van der Waals surface area contributed by atoms with E-state index in [0.717, 1.165) is 10.9 Å². The number of hydrogen-bond donors (Lipinski definition) is 0. The molecule has 0 amide bonds. The molecule has 13 heavy (non-hydrogen) atoms. The first kappa shape index (κ1) is 10.3. The van der Waals surface area contributed by atoms with Crippen molar-refractivity contribution in [1.82, 2.24) is 4.98 Å². The molecule has 4 heteroatoms. The Kier molecular flexibility index (Phi) is 4.02. The molecule has 0 aromatic carbocycles. The predicted molar refractivity (Wildman–Crippen MR) is 54.6 cm³/mol. The Morgan fingerprint density at radius 1 is 1.38 bits per heavy atom. The van der Waals surface area contributed by atoms with Crippen LogP contribution in [0.15, 0.2) is 12.1 Å². The number of ether oxygens (including phenoxy) is 2. The standard InChI is InChI=1S/C9H12BrNO2/c1-3-13-9-5-7(6-10)4-8(11-9)12-2/h4-5H,3,6H2,1-2H3. The molecule has 0 aliphatic carbocycles. The van der Waals surface area contributed by atoms with Gasteiger partial charge >= 0.3 is 0 Å². The van der Waals surface area contributed by atoms with Crippen molar-refractivity contribution in [3.8, 4) is 11.8 Å². The number of methoxy groups -OCH3 is 1. The fraction of sp³-hybridized carbons (Fsp3) is 0.444. The van der Waals surface area contributed by atoms with Gasteiger partial charge in [0.25, 0.3) is 0 Å². The zero-order valence-corrected chi connectivity index (χ0v) is 9.30. The van der Waals surface area contributed by atoms with Crippen LogP contribution in [0.1, 0.15) is 12.5 Å². The average molecular weight is 246 g/mol. The summed E-state index contributed by atoms with van der Waals surface area (Å²) < 4.78 is 10.3. The molecule has 0 N–H and O–H groups in total. The maximum absolute atomic E-state index is 5.28. The van der Waals surface area contributed by atoms with E-state index in [1.165, 1.54) is 0 Å². The van der Waals surface area contributed by atoms with Crippen molar-refractivity contribution in [3.05, 3.63) is 17.7 Å². The highest BCUT2D eigenvalue weighted by molar-refractivity contribution is 9.08. The van der Waals surface area contributed by atoms with E-state index in [0.29, 0.717) is 18.4 Å². The molecule has 0 unspecified atom stereocenters. The van der Waals surface area contributed by atoms with Gasteiger partial charge in [-0.3, -0.25) is 0 Å². The Labute approximate surface area is 86.2 Å². The molecule has 1 aromatic heterocycles. The topological polar surface area (TPSA) is 31.4 Å². The molecular weight excluding hydrogens is 234 g/mol. The SMILES string of the molecule is CCOc1cc(CBr)cc(OC)n1. The highest BCUT2D eigenvalue weighted by Gasteiger charge is 2.02. The summed E-state index contributed by atoms with van der Waals surface area (Å²) in [5.41, 5.74) is 1.09. The smallest absolute Gasteiger partial charge is 0.216 e. The third kappa shape index (κ3) is 2.88. The summed E-state index contributed by atoms with van der Waals surface area (Å²) in [6.45, 7) is 2.54. The number of hydrogen-bond acceptors (Lipinski definition) is 3. The number of halogens is 1. The van der Waals surface area contributed by atoms with Crippen LogP contribution in [0.2, 0.25) is 0 Å². The monoisotopic (exact) mass is 245 g/mol. The van der Waals surface area contributed by atoms with Crippen molar-refractivity contribution in [2.24, 2.45) is 0 Å². The van der Waals surface area contributed by atoms with Crippen LogP contribution in [-0.2, 0) is 5.33 Å². The molecule has 0 aliphatic rings. The number of nitrogens with zero attached hydrogens (tertiary/aromatic N) is 1. The van der Waals surface area contributed by atoms with Gasteiger partial charge in [-0.15, -0.1) is 0 Å². The van der Waals surface area contributed by atoms with Gasteiger partial charge in [-0.1, -0.05) is 15.9 Å². The summed E-state index contributed by atoms with van der Waals surface area (Å²) in [6.07, 6.45) is 0. The van der Waals surface area contributed by atoms with Gasteiger partial charge in [-0.05, 0) is 12.5 Å². The number of alkyl halides is 1. The van der Waals surface area contributed by atoms with Crippen LogP contribution in [0.25, 0.3) is 0 Å². The molecule has 0 atom stereocenters. The van der Waals surface area contributed by atoms with E-state index in [1.54, 1.807) is 7.11 Å². The molecule has 0 aliphatic heterocycles. The lowest BCUT2D eigenvalue weighted by Crippen LogP contribution is -1.97. The number of aromatic nitrogens is 1. The third-order valence-electron chi connectivity index (χ3n) is 1.49. The van der Waals surface area contributed by atoms with E-state index < -0.39 is 0 Å². The molecule has 0 saturated heterocycles. The lowest BCUT2D eigenvalue weighted by Gasteiger charge is -2.06. The summed E-state index contributed by atoms with van der Waals surface area (Å²) in [5.74, 6) is 1.19. The van der Waals surface area contributed by atoms with Crippen LogP contribution in [-0.4, -0.2) is 18.7 Å². The largest absolute Gasteiger partial charge is 0.481 e. The molecule has 0 bridgehead atoms. The zero-order chi connectivity index (χ0) is 9.68. The van der Waals surface area contributed by atoms with Crippen molar-refractivity contribution in [2.75, 3.05) is 13.7 Å². The van der Waals surface area contributed by atoms with E-state index in [1.807, 2.05) is 19.1 Å². The van der Waals surface area contributed by atoms with Crippen LogP contribution in [0.3, 0.4) is 0 Å². The summed E-state index contributed by atoms with van der Waals surface area (Å²) in [6, 6.07) is 3.76. The Morgan fingerprint density at radius 2 is 2.08 bits per heavy atom. The number of pyridine rings is 1. The van der Waals surface area contributed by atoms with E-state index in [4.69, 9.17) is 9.47 Å². The normalized spacial score (nSPS) is 9.77. The van der Waals surface area contributed by atoms with Gasteiger partial charge in [-0.2, -0.15) is 4.98 Å². The second kappa shape index (κ2) is 5.07. The predicted octanol–water partition coefficient (Wildman–Crippen LogP) is 2.38. The van der Waals surface area contributed by atoms with E-state index >= 15 is 0 Å². The van der Waals surface area contributed by atoms with Gasteiger partial charge in [-0.25, -0.2) is 0 Å². The lowest BCUT2D eigenvalue weighted by atomic mass is 10.3. The summed E-state index contributed by atoms with van der Waals surface area (Å²) >= 11 is 3.37. The molecule has 0 saturated carbocycles. The van der Waals surface area contributed by atoms with Gasteiger partial charge in [0.05, 0.1) is 13.7 Å². The minimum atomic E-state index is 0.584. The van der Waals surface area contributed by atoms with Crippen LogP contribution >= 0.6 is 15.9 Å². The average Bonchev–Trinajstić information content (AvgIpc) is 2.17.